The summed E-state index contributed by atoms with van der Waals surface area (Å²) in [5, 5.41) is 22.5. The van der Waals surface area contributed by atoms with Gasteiger partial charge in [-0.3, -0.25) is 4.79 Å². The van der Waals surface area contributed by atoms with Crippen molar-refractivity contribution in [1.29, 1.82) is 0 Å². The fraction of sp³-hybridized carbons (Fsp3) is 0.409. The number of aliphatic hydroxyl groups is 1. The second-order valence-electron chi connectivity index (χ2n) is 7.84. The molecule has 0 spiro atoms. The molecule has 0 bridgehead atoms. The molecular formula is C22H26N4O3S. The highest BCUT2D eigenvalue weighted by Crippen LogP contribution is 2.40. The van der Waals surface area contributed by atoms with Crippen LogP contribution in [0, 0.1) is 0 Å². The minimum absolute atomic E-state index is 0.0736. The van der Waals surface area contributed by atoms with Crippen LogP contribution in [-0.4, -0.2) is 40.0 Å². The summed E-state index contributed by atoms with van der Waals surface area (Å²) in [5.74, 6) is 0.446. The number of amides is 1. The summed E-state index contributed by atoms with van der Waals surface area (Å²) < 4.78 is 5.77. The topological polar surface area (TPSA) is 110 Å². The van der Waals surface area contributed by atoms with E-state index in [0.717, 1.165) is 45.3 Å². The van der Waals surface area contributed by atoms with Crippen molar-refractivity contribution in [2.75, 3.05) is 6.61 Å². The zero-order valence-corrected chi connectivity index (χ0v) is 17.9. The quantitative estimate of drug-likeness (QED) is 0.655. The third kappa shape index (κ3) is 4.16. The lowest BCUT2D eigenvalue weighted by Crippen LogP contribution is -2.29. The molecule has 1 unspecified atom stereocenters. The van der Waals surface area contributed by atoms with E-state index in [-0.39, 0.29) is 24.1 Å². The zero-order chi connectivity index (χ0) is 21.3. The number of allylic oxidation sites excluding steroid dienone is 2. The van der Waals surface area contributed by atoms with Gasteiger partial charge in [0.25, 0.3) is 0 Å². The molecule has 7 nitrogen and oxygen atoms in total. The minimum atomic E-state index is -0.499. The molecule has 30 heavy (non-hydrogen) atoms. The van der Waals surface area contributed by atoms with E-state index >= 15 is 0 Å². The van der Waals surface area contributed by atoms with Crippen LogP contribution in [0.15, 0.2) is 36.1 Å². The molecule has 1 aromatic heterocycles. The molecule has 2 aliphatic carbocycles. The number of aliphatic hydroxyl groups excluding tert-OH is 1. The molecule has 4 rings (SSSR count). The molecule has 158 valence electrons. The van der Waals surface area contributed by atoms with Crippen LogP contribution in [0.5, 0.6) is 0 Å². The lowest BCUT2D eigenvalue weighted by molar-refractivity contribution is -0.124. The van der Waals surface area contributed by atoms with Gasteiger partial charge < -0.3 is 20.9 Å². The van der Waals surface area contributed by atoms with Crippen molar-refractivity contribution in [2.45, 2.75) is 51.3 Å². The van der Waals surface area contributed by atoms with Crippen molar-refractivity contribution in [2.24, 2.45) is 5.73 Å². The smallest absolute Gasteiger partial charge is 0.246 e. The van der Waals surface area contributed by atoms with E-state index < -0.39 is 6.61 Å². The number of nitrogens with two attached hydrogens (primary N) is 1. The predicted octanol–water partition coefficient (Wildman–Crippen LogP) is 2.72. The maximum absolute atomic E-state index is 11.6. The first-order valence-electron chi connectivity index (χ1n) is 10.2. The Morgan fingerprint density at radius 1 is 1.33 bits per heavy atom. The molecule has 2 aliphatic rings. The first kappa shape index (κ1) is 20.7. The van der Waals surface area contributed by atoms with E-state index in [1.165, 1.54) is 5.56 Å². The third-order valence-electron chi connectivity index (χ3n) is 5.31. The van der Waals surface area contributed by atoms with Gasteiger partial charge in [-0.1, -0.05) is 35.6 Å². The number of nitrogens with zero attached hydrogens (tertiary/aromatic N) is 2. The number of nitrogens with one attached hydrogen (secondary N) is 1. The van der Waals surface area contributed by atoms with Gasteiger partial charge in [0.2, 0.25) is 5.91 Å². The van der Waals surface area contributed by atoms with Crippen LogP contribution in [0.1, 0.15) is 48.9 Å². The largest absolute Gasteiger partial charge is 0.494 e. The highest BCUT2D eigenvalue weighted by molar-refractivity contribution is 7.15. The molecule has 0 fully saturated rings. The van der Waals surface area contributed by atoms with E-state index in [4.69, 9.17) is 15.6 Å². The van der Waals surface area contributed by atoms with Gasteiger partial charge in [0.05, 0.1) is 18.2 Å². The Labute approximate surface area is 179 Å². The number of carbonyl (C=O) groups excluding carboxylic acids is 1. The van der Waals surface area contributed by atoms with Gasteiger partial charge >= 0.3 is 0 Å². The first-order chi connectivity index (χ1) is 14.5. The highest BCUT2D eigenvalue weighted by Gasteiger charge is 2.27. The lowest BCUT2D eigenvalue weighted by atomic mass is 10.00. The molecule has 1 aromatic carbocycles. The van der Waals surface area contributed by atoms with Crippen LogP contribution in [0.2, 0.25) is 0 Å². The zero-order valence-electron chi connectivity index (χ0n) is 17.1. The molecule has 8 heteroatoms. The average molecular weight is 427 g/mol. The summed E-state index contributed by atoms with van der Waals surface area (Å²) in [4.78, 5) is 11.6. The van der Waals surface area contributed by atoms with Crippen molar-refractivity contribution in [3.8, 4) is 10.6 Å². The summed E-state index contributed by atoms with van der Waals surface area (Å²) in [5.41, 5.74) is 10.7. The van der Waals surface area contributed by atoms with Gasteiger partial charge in [-0.05, 0) is 55.9 Å². The van der Waals surface area contributed by atoms with Gasteiger partial charge in [0.15, 0.2) is 0 Å². The van der Waals surface area contributed by atoms with E-state index in [1.807, 2.05) is 38.1 Å². The van der Waals surface area contributed by atoms with Gasteiger partial charge in [-0.2, -0.15) is 0 Å². The summed E-state index contributed by atoms with van der Waals surface area (Å²) in [6.07, 6.45) is 6.36. The van der Waals surface area contributed by atoms with Crippen LogP contribution in [-0.2, 0) is 16.0 Å². The number of aromatic nitrogens is 2. The van der Waals surface area contributed by atoms with Crippen LogP contribution in [0.25, 0.3) is 16.1 Å². The van der Waals surface area contributed by atoms with Crippen LogP contribution in [0.4, 0.5) is 0 Å². The molecule has 0 saturated carbocycles. The Morgan fingerprint density at radius 2 is 2.13 bits per heavy atom. The molecule has 2 aromatic rings. The maximum atomic E-state index is 11.6. The molecule has 0 radical (unpaired) electrons. The molecule has 1 heterocycles. The Kier molecular flexibility index (Phi) is 5.99. The van der Waals surface area contributed by atoms with Crippen LogP contribution in [0.3, 0.4) is 0 Å². The standard InChI is InChI=1S/C22H26N4O3S/c1-12(2)29-19-9-6-13(10-17(19)23)21-25-26-22(30-21)16-5-3-4-15-14(16)7-8-18(15)24-20(28)11-27/h3-6,9,12,17-18,27H,7-8,10-11,23H2,1-2H3,(H,24,28)/t17?,18-/m0/s1. The Morgan fingerprint density at radius 3 is 2.87 bits per heavy atom. The summed E-state index contributed by atoms with van der Waals surface area (Å²) in [6.45, 7) is 3.48. The van der Waals surface area contributed by atoms with E-state index in [9.17, 15) is 4.79 Å². The van der Waals surface area contributed by atoms with Gasteiger partial charge in [0.1, 0.15) is 22.4 Å². The highest BCUT2D eigenvalue weighted by atomic mass is 32.1. The third-order valence-corrected chi connectivity index (χ3v) is 6.34. The van der Waals surface area contributed by atoms with Crippen LogP contribution >= 0.6 is 11.3 Å². The Hall–Kier alpha value is -2.55. The molecule has 2 atom stereocenters. The van der Waals surface area contributed by atoms with Crippen molar-refractivity contribution >= 4 is 22.8 Å². The second-order valence-corrected chi connectivity index (χ2v) is 8.82. The number of benzene rings is 1. The Balaban J connectivity index is 1.58. The number of rotatable bonds is 6. The molecule has 1 amide bonds. The molecule has 0 saturated heterocycles. The van der Waals surface area contributed by atoms with Crippen molar-refractivity contribution < 1.29 is 14.6 Å². The van der Waals surface area contributed by atoms with Gasteiger partial charge in [-0.25, -0.2) is 0 Å². The van der Waals surface area contributed by atoms with Crippen molar-refractivity contribution in [1.82, 2.24) is 15.5 Å². The average Bonchev–Trinajstić information content (AvgIpc) is 3.37. The number of fused-ring (bicyclic) bond motifs is 1. The predicted molar refractivity (Wildman–Crippen MR) is 117 cm³/mol. The fourth-order valence-electron chi connectivity index (χ4n) is 3.98. The lowest BCUT2D eigenvalue weighted by Gasteiger charge is -2.22. The first-order valence-corrected chi connectivity index (χ1v) is 11.0. The number of hydrogen-bond acceptors (Lipinski definition) is 7. The van der Waals surface area contributed by atoms with Crippen molar-refractivity contribution in [3.63, 3.8) is 0 Å². The minimum Gasteiger partial charge on any atom is -0.494 e. The van der Waals surface area contributed by atoms with Gasteiger partial charge in [-0.15, -0.1) is 10.2 Å². The molecule has 4 N–H and O–H groups in total. The summed E-state index contributed by atoms with van der Waals surface area (Å²) in [7, 11) is 0. The van der Waals surface area contributed by atoms with Crippen molar-refractivity contribution in [3.05, 3.63) is 52.2 Å². The summed E-state index contributed by atoms with van der Waals surface area (Å²) >= 11 is 1.55. The number of carbonyl (C=O) groups is 1. The monoisotopic (exact) mass is 426 g/mol. The molecular weight excluding hydrogens is 400 g/mol. The van der Waals surface area contributed by atoms with Gasteiger partial charge in [0, 0.05) is 5.56 Å². The van der Waals surface area contributed by atoms with E-state index in [2.05, 4.69) is 21.6 Å². The number of hydrogen-bond donors (Lipinski definition) is 3. The molecule has 0 aliphatic heterocycles. The normalized spacial score (nSPS) is 20.6. The maximum Gasteiger partial charge on any atom is 0.246 e. The van der Waals surface area contributed by atoms with Crippen LogP contribution < -0.4 is 11.1 Å². The van der Waals surface area contributed by atoms with E-state index in [0.29, 0.717) is 6.42 Å². The Bertz CT molecular complexity index is 1010. The SMILES string of the molecule is CC(C)OC1=CC=C(c2nnc(-c3cccc4c3CC[C@@H]4NC(=O)CO)s2)CC1N. The fourth-order valence-corrected chi connectivity index (χ4v) is 4.91. The van der Waals surface area contributed by atoms with E-state index in [1.54, 1.807) is 11.3 Å². The summed E-state index contributed by atoms with van der Waals surface area (Å²) in [6, 6.07) is 5.80. The second kappa shape index (κ2) is 8.67. The number of ether oxygens (including phenoxy) is 1.